The zero-order chi connectivity index (χ0) is 22.5. The zero-order valence-electron chi connectivity index (χ0n) is 17.5. The van der Waals surface area contributed by atoms with E-state index in [9.17, 15) is 24.6 Å². The highest BCUT2D eigenvalue weighted by atomic mass is 16.4. The molecular formula is C24H24N2O5. The van der Waals surface area contributed by atoms with Crippen molar-refractivity contribution in [1.82, 2.24) is 9.55 Å². The van der Waals surface area contributed by atoms with Crippen molar-refractivity contribution >= 4 is 11.9 Å². The minimum Gasteiger partial charge on any atom is -0.478 e. The minimum atomic E-state index is -1.21. The highest BCUT2D eigenvalue weighted by molar-refractivity contribution is 5.96. The molecule has 0 bridgehead atoms. The van der Waals surface area contributed by atoms with Crippen molar-refractivity contribution < 1.29 is 19.8 Å². The van der Waals surface area contributed by atoms with Gasteiger partial charge >= 0.3 is 11.9 Å². The van der Waals surface area contributed by atoms with Crippen molar-refractivity contribution in [3.8, 4) is 11.1 Å². The summed E-state index contributed by atoms with van der Waals surface area (Å²) in [6.45, 7) is 3.75. The third-order valence-corrected chi connectivity index (χ3v) is 5.19. The van der Waals surface area contributed by atoms with E-state index in [1.807, 2.05) is 31.2 Å². The fraction of sp³-hybridized carbons (Fsp3) is 0.250. The van der Waals surface area contributed by atoms with Crippen molar-refractivity contribution in [3.63, 3.8) is 0 Å². The molecule has 0 saturated carbocycles. The van der Waals surface area contributed by atoms with Crippen molar-refractivity contribution in [2.45, 2.75) is 39.7 Å². The van der Waals surface area contributed by atoms with Crippen LogP contribution in [0, 0.1) is 6.92 Å². The first-order valence-electron chi connectivity index (χ1n) is 10.1. The van der Waals surface area contributed by atoms with Gasteiger partial charge < -0.3 is 10.2 Å². The molecule has 0 amide bonds. The lowest BCUT2D eigenvalue weighted by Gasteiger charge is -2.15. The maximum absolute atomic E-state index is 12.9. The number of nitrogens with zero attached hydrogens (tertiary/aromatic N) is 2. The number of unbranched alkanes of at least 4 members (excludes halogenated alkanes) is 1. The lowest BCUT2D eigenvalue weighted by Crippen LogP contribution is -2.30. The van der Waals surface area contributed by atoms with Gasteiger partial charge in [-0.15, -0.1) is 0 Å². The molecule has 7 nitrogen and oxygen atoms in total. The van der Waals surface area contributed by atoms with Crippen LogP contribution in [0.4, 0.5) is 0 Å². The molecule has 3 rings (SSSR count). The molecule has 0 aliphatic carbocycles. The smallest absolute Gasteiger partial charge is 0.355 e. The normalized spacial score (nSPS) is 10.8. The number of carboxylic acids is 2. The molecule has 0 saturated heterocycles. The third-order valence-electron chi connectivity index (χ3n) is 5.19. The summed E-state index contributed by atoms with van der Waals surface area (Å²) in [5.74, 6) is -1.75. The number of aromatic nitrogens is 2. The Balaban J connectivity index is 1.98. The standard InChI is InChI=1S/C24H24N2O5/c1-3-4-9-20-25-21(24(30)31)15(2)22(27)26(20)14-16-10-12-17(13-11-16)18-7-5-6-8-19(18)23(28)29/h5-8,10-13H,3-4,9,14H2,1-2H3,(H,28,29)(H,30,31). The quantitative estimate of drug-likeness (QED) is 0.570. The molecule has 1 heterocycles. The number of carbonyl (C=O) groups is 2. The highest BCUT2D eigenvalue weighted by Gasteiger charge is 2.18. The minimum absolute atomic E-state index is 0.111. The molecule has 0 aliphatic heterocycles. The maximum Gasteiger partial charge on any atom is 0.355 e. The summed E-state index contributed by atoms with van der Waals surface area (Å²) in [4.78, 5) is 40.1. The fourth-order valence-electron chi connectivity index (χ4n) is 3.48. The predicted molar refractivity (Wildman–Crippen MR) is 117 cm³/mol. The SMILES string of the molecule is CCCCc1nc(C(=O)O)c(C)c(=O)n1Cc1ccc(-c2ccccc2C(=O)O)cc1. The molecule has 0 fully saturated rings. The second-order valence-electron chi connectivity index (χ2n) is 7.35. The lowest BCUT2D eigenvalue weighted by atomic mass is 9.98. The van der Waals surface area contributed by atoms with Gasteiger partial charge in [0.25, 0.3) is 5.56 Å². The van der Waals surface area contributed by atoms with Crippen LogP contribution in [0.3, 0.4) is 0 Å². The predicted octanol–water partition coefficient (Wildman–Crippen LogP) is 4.01. The molecule has 31 heavy (non-hydrogen) atoms. The Morgan fingerprint density at radius 2 is 1.68 bits per heavy atom. The molecule has 160 valence electrons. The summed E-state index contributed by atoms with van der Waals surface area (Å²) >= 11 is 0. The van der Waals surface area contributed by atoms with E-state index in [4.69, 9.17) is 0 Å². The Bertz CT molecular complexity index is 1180. The van der Waals surface area contributed by atoms with Gasteiger partial charge in [0.15, 0.2) is 5.69 Å². The number of hydrogen-bond donors (Lipinski definition) is 2. The van der Waals surface area contributed by atoms with E-state index in [0.717, 1.165) is 24.0 Å². The van der Waals surface area contributed by atoms with Gasteiger partial charge in [0, 0.05) is 12.0 Å². The molecule has 1 aromatic heterocycles. The molecule has 0 unspecified atom stereocenters. The van der Waals surface area contributed by atoms with Gasteiger partial charge in [-0.25, -0.2) is 14.6 Å². The number of hydrogen-bond acceptors (Lipinski definition) is 4. The van der Waals surface area contributed by atoms with Crippen molar-refractivity contribution in [1.29, 1.82) is 0 Å². The van der Waals surface area contributed by atoms with E-state index in [1.165, 1.54) is 11.5 Å². The van der Waals surface area contributed by atoms with Gasteiger partial charge in [-0.1, -0.05) is 55.8 Å². The first kappa shape index (κ1) is 22.0. The van der Waals surface area contributed by atoms with E-state index < -0.39 is 11.9 Å². The van der Waals surface area contributed by atoms with Crippen LogP contribution in [0.2, 0.25) is 0 Å². The molecule has 0 atom stereocenters. The second-order valence-corrected chi connectivity index (χ2v) is 7.35. The van der Waals surface area contributed by atoms with Crippen molar-refractivity contribution in [3.05, 3.63) is 87.1 Å². The van der Waals surface area contributed by atoms with Gasteiger partial charge in [0.2, 0.25) is 0 Å². The maximum atomic E-state index is 12.9. The first-order chi connectivity index (χ1) is 14.8. The summed E-state index contributed by atoms with van der Waals surface area (Å²) in [6.07, 6.45) is 2.19. The average molecular weight is 420 g/mol. The molecule has 3 aromatic rings. The molecule has 2 aromatic carbocycles. The molecule has 0 radical (unpaired) electrons. The topological polar surface area (TPSA) is 109 Å². The number of rotatable bonds is 8. The van der Waals surface area contributed by atoms with Crippen LogP contribution < -0.4 is 5.56 Å². The Labute approximate surface area is 179 Å². The summed E-state index contributed by atoms with van der Waals surface area (Å²) in [5.41, 5.74) is 1.98. The zero-order valence-corrected chi connectivity index (χ0v) is 17.5. The Kier molecular flexibility index (Phi) is 6.65. The molecule has 7 heteroatoms. The number of aromatic carboxylic acids is 2. The van der Waals surface area contributed by atoms with Crippen LogP contribution in [0.1, 0.15) is 57.6 Å². The molecule has 2 N–H and O–H groups in total. The monoisotopic (exact) mass is 420 g/mol. The van der Waals surface area contributed by atoms with E-state index in [-0.39, 0.29) is 28.9 Å². The number of carboxylic acid groups (broad SMARTS) is 2. The van der Waals surface area contributed by atoms with E-state index in [2.05, 4.69) is 4.98 Å². The summed E-state index contributed by atoms with van der Waals surface area (Å²) in [5, 5.41) is 18.8. The average Bonchev–Trinajstić information content (AvgIpc) is 2.76. The van der Waals surface area contributed by atoms with Crippen LogP contribution >= 0.6 is 0 Å². The number of benzene rings is 2. The van der Waals surface area contributed by atoms with Gasteiger partial charge in [-0.3, -0.25) is 9.36 Å². The Morgan fingerprint density at radius 1 is 1.00 bits per heavy atom. The van der Waals surface area contributed by atoms with E-state index in [1.54, 1.807) is 24.3 Å². The summed E-state index contributed by atoms with van der Waals surface area (Å²) in [7, 11) is 0. The van der Waals surface area contributed by atoms with Gasteiger partial charge in [0.1, 0.15) is 5.82 Å². The van der Waals surface area contributed by atoms with Gasteiger partial charge in [-0.05, 0) is 36.1 Å². The fourth-order valence-corrected chi connectivity index (χ4v) is 3.48. The molecular weight excluding hydrogens is 396 g/mol. The largest absolute Gasteiger partial charge is 0.478 e. The van der Waals surface area contributed by atoms with Crippen LogP contribution in [-0.4, -0.2) is 31.7 Å². The van der Waals surface area contributed by atoms with E-state index in [0.29, 0.717) is 17.8 Å². The van der Waals surface area contributed by atoms with E-state index >= 15 is 0 Å². The van der Waals surface area contributed by atoms with Crippen LogP contribution in [0.15, 0.2) is 53.3 Å². The summed E-state index contributed by atoms with van der Waals surface area (Å²) < 4.78 is 1.53. The second kappa shape index (κ2) is 9.38. The van der Waals surface area contributed by atoms with Crippen molar-refractivity contribution in [2.24, 2.45) is 0 Å². The molecule has 0 aliphatic rings. The first-order valence-corrected chi connectivity index (χ1v) is 10.1. The lowest BCUT2D eigenvalue weighted by molar-refractivity contribution is 0.0681. The van der Waals surface area contributed by atoms with Gasteiger partial charge in [-0.2, -0.15) is 0 Å². The third kappa shape index (κ3) is 4.71. The van der Waals surface area contributed by atoms with Gasteiger partial charge in [0.05, 0.1) is 12.1 Å². The van der Waals surface area contributed by atoms with Crippen LogP contribution in [-0.2, 0) is 13.0 Å². The highest BCUT2D eigenvalue weighted by Crippen LogP contribution is 2.24. The van der Waals surface area contributed by atoms with Crippen LogP contribution in [0.5, 0.6) is 0 Å². The Hall–Kier alpha value is -3.74. The Morgan fingerprint density at radius 3 is 2.29 bits per heavy atom. The summed E-state index contributed by atoms with van der Waals surface area (Å²) in [6, 6.07) is 14.1. The van der Waals surface area contributed by atoms with Crippen LogP contribution in [0.25, 0.3) is 11.1 Å². The van der Waals surface area contributed by atoms with Crippen molar-refractivity contribution in [2.75, 3.05) is 0 Å². The number of aryl methyl sites for hydroxylation is 1. The molecule has 0 spiro atoms.